The number of hydrogen-bond acceptors (Lipinski definition) is 13. The van der Waals surface area contributed by atoms with E-state index in [1.807, 2.05) is 169 Å². The lowest BCUT2D eigenvalue weighted by Gasteiger charge is -2.13. The van der Waals surface area contributed by atoms with Crippen molar-refractivity contribution in [2.75, 3.05) is 21.3 Å². The number of carbonyl (C=O) groups is 5. The summed E-state index contributed by atoms with van der Waals surface area (Å²) in [4.78, 5) is 98.6. The van der Waals surface area contributed by atoms with Gasteiger partial charge in [-0.1, -0.05) is 97.1 Å². The summed E-state index contributed by atoms with van der Waals surface area (Å²) in [5.41, 5.74) is 13.3. The molecule has 0 saturated heterocycles. The van der Waals surface area contributed by atoms with Crippen molar-refractivity contribution in [3.8, 4) is 0 Å². The summed E-state index contributed by atoms with van der Waals surface area (Å²) in [6.07, 6.45) is 5.59. The minimum atomic E-state index is -0.708. The Kier molecular flexibility index (Phi) is 23.4. The fraction of sp³-hybridized carbons (Fsp3) is 0.160. The number of aromatic nitrogens is 3. The number of nitrogens with one attached hydrogen (secondary N) is 1. The number of ether oxygens (including phenoxy) is 3. The van der Waals surface area contributed by atoms with Gasteiger partial charge in [0.25, 0.3) is 0 Å². The van der Waals surface area contributed by atoms with Crippen LogP contribution in [0.5, 0.6) is 0 Å². The van der Waals surface area contributed by atoms with Gasteiger partial charge < -0.3 is 28.9 Å². The number of aryl methyl sites for hydroxylation is 8. The Hall–Kier alpha value is -10.7. The van der Waals surface area contributed by atoms with E-state index in [-0.39, 0.29) is 50.5 Å². The zero-order chi connectivity index (χ0) is 66.1. The van der Waals surface area contributed by atoms with Crippen molar-refractivity contribution in [3.63, 3.8) is 0 Å². The van der Waals surface area contributed by atoms with Gasteiger partial charge in [0.05, 0.1) is 55.9 Å². The van der Waals surface area contributed by atoms with Gasteiger partial charge in [-0.3, -0.25) is 29.0 Å². The minimum Gasteiger partial charge on any atom is -0.506 e. The van der Waals surface area contributed by atoms with Gasteiger partial charge in [-0.15, -0.1) is 0 Å². The summed E-state index contributed by atoms with van der Waals surface area (Å²) in [5.74, 6) is -2.42. The van der Waals surface area contributed by atoms with Crippen LogP contribution >= 0.6 is 15.9 Å². The number of aliphatic hydroxyl groups excluding tert-OH is 1. The maximum atomic E-state index is 13.2. The number of methoxy groups -OCH3 is 3. The molecule has 3 heterocycles. The zero-order valence-corrected chi connectivity index (χ0v) is 54.0. The Balaban J connectivity index is 0.000000175. The molecule has 10 rings (SSSR count). The number of aliphatic hydroxyl groups is 1. The molecule has 0 aliphatic rings. The van der Waals surface area contributed by atoms with Crippen LogP contribution in [0.4, 0.5) is 5.69 Å². The smallest absolute Gasteiger partial charge is 0.345 e. The SMILES string of the molecule is COC(=O)C(C=Nc1ccccc1)=C(O)c1ccc(C)c(C)c1.COC=C(C(=O)OC)C(=O)c1ccc(C)c(C)c1.Cc1ccc(C(=O)c2c[nH]c3ccccc3c2=O)cc1C.Cc1ccc(C(=O)c2cn(Cc3cccc(Br)n3)c3ccccc3c2=O)cc1C. The number of para-hydroxylation sites is 3. The van der Waals surface area contributed by atoms with E-state index in [0.29, 0.717) is 45.3 Å². The van der Waals surface area contributed by atoms with E-state index < -0.39 is 17.7 Å². The summed E-state index contributed by atoms with van der Waals surface area (Å²) in [5, 5.41) is 11.5. The third-order valence-electron chi connectivity index (χ3n) is 15.1. The van der Waals surface area contributed by atoms with Gasteiger partial charge in [0, 0.05) is 57.2 Å². The molecule has 10 aromatic rings. The number of aliphatic imine (C=N–C) groups is 1. The van der Waals surface area contributed by atoms with Crippen LogP contribution in [0.1, 0.15) is 98.0 Å². The topological polar surface area (TPSA) is 213 Å². The van der Waals surface area contributed by atoms with Crippen molar-refractivity contribution < 1.29 is 43.3 Å². The molecule has 0 aliphatic heterocycles. The number of aromatic amines is 1. The minimum absolute atomic E-state index is 0.0135. The van der Waals surface area contributed by atoms with Crippen molar-refractivity contribution in [2.24, 2.45) is 4.99 Å². The van der Waals surface area contributed by atoms with E-state index in [1.165, 1.54) is 33.7 Å². The monoisotopic (exact) mass is 1280 g/mol. The first-order valence-corrected chi connectivity index (χ1v) is 29.5. The molecule has 91 heavy (non-hydrogen) atoms. The highest BCUT2D eigenvalue weighted by molar-refractivity contribution is 9.10. The van der Waals surface area contributed by atoms with Crippen LogP contribution in [0.3, 0.4) is 0 Å². The Morgan fingerprint density at radius 2 is 1.04 bits per heavy atom. The number of nitrogens with zero attached hydrogens (tertiary/aromatic N) is 3. The van der Waals surface area contributed by atoms with Gasteiger partial charge in [-0.2, -0.15) is 0 Å². The highest BCUT2D eigenvalue weighted by atomic mass is 79.9. The van der Waals surface area contributed by atoms with Crippen LogP contribution in [0.2, 0.25) is 0 Å². The average molecular weight is 1280 g/mol. The Labute approximate surface area is 536 Å². The molecule has 16 heteroatoms. The summed E-state index contributed by atoms with van der Waals surface area (Å²) >= 11 is 3.39. The van der Waals surface area contributed by atoms with Gasteiger partial charge in [0.2, 0.25) is 16.6 Å². The van der Waals surface area contributed by atoms with E-state index in [9.17, 15) is 38.7 Å². The van der Waals surface area contributed by atoms with Gasteiger partial charge in [0.15, 0.2) is 11.6 Å². The first-order valence-electron chi connectivity index (χ1n) is 28.7. The van der Waals surface area contributed by atoms with E-state index in [2.05, 4.69) is 35.6 Å². The first kappa shape index (κ1) is 67.8. The number of rotatable bonds is 14. The number of esters is 2. The predicted molar refractivity (Wildman–Crippen MR) is 362 cm³/mol. The number of ketones is 3. The highest BCUT2D eigenvalue weighted by Crippen LogP contribution is 2.23. The van der Waals surface area contributed by atoms with Crippen LogP contribution in [0.25, 0.3) is 27.6 Å². The molecule has 0 radical (unpaired) electrons. The van der Waals surface area contributed by atoms with Crippen molar-refractivity contribution in [1.82, 2.24) is 14.5 Å². The number of benzene rings is 7. The molecule has 0 atom stereocenters. The van der Waals surface area contributed by atoms with Crippen molar-refractivity contribution in [1.29, 1.82) is 0 Å². The van der Waals surface area contributed by atoms with E-state index >= 15 is 0 Å². The molecule has 15 nitrogen and oxygen atoms in total. The molecule has 0 unspecified atom stereocenters. The number of Topliss-reactive ketones (excluding diaryl/α,β-unsaturated/α-hetero) is 1. The van der Waals surface area contributed by atoms with Gasteiger partial charge >= 0.3 is 11.9 Å². The van der Waals surface area contributed by atoms with Crippen molar-refractivity contribution in [2.45, 2.75) is 61.9 Å². The van der Waals surface area contributed by atoms with E-state index in [0.717, 1.165) is 72.1 Å². The van der Waals surface area contributed by atoms with Crippen LogP contribution in [-0.4, -0.2) is 76.5 Å². The largest absolute Gasteiger partial charge is 0.506 e. The molecule has 462 valence electrons. The maximum absolute atomic E-state index is 13.2. The lowest BCUT2D eigenvalue weighted by atomic mass is 9.99. The van der Waals surface area contributed by atoms with Crippen LogP contribution in [0.15, 0.2) is 219 Å². The molecular formula is C75H69BrN4O11. The van der Waals surface area contributed by atoms with Crippen LogP contribution in [-0.2, 0) is 30.3 Å². The van der Waals surface area contributed by atoms with Crippen LogP contribution < -0.4 is 10.9 Å². The van der Waals surface area contributed by atoms with Crippen molar-refractivity contribution >= 4 is 84.7 Å². The molecule has 2 N–H and O–H groups in total. The molecule has 0 amide bonds. The molecule has 7 aromatic carbocycles. The standard InChI is InChI=1S/C24H19BrN2O2.C19H19NO3.C18H15NO2.C14H16O4/c1-15-10-11-17(12-16(15)2)23(28)20-14-27(13-18-6-5-9-22(25)26-18)21-8-4-3-7-19(21)24(20)29;1-13-9-10-15(11-14(13)2)18(21)17(19(22)23-3)12-20-16-7-5-4-6-8-16;1-11-7-8-13(9-12(11)2)17(20)15-10-19-16-6-4-3-5-14(16)18(15)21;1-9-5-6-11(7-10(9)2)13(15)12(8-17-3)14(16)18-4/h3-12,14H,13H2,1-2H3;4-12,21H,1-3H3;3-10H,1-2H3,(H,19,21);5-8H,1-4H3. The molecular weight excluding hydrogens is 1210 g/mol. The van der Waals surface area contributed by atoms with Gasteiger partial charge in [-0.25, -0.2) is 14.6 Å². The normalized spacial score (nSPS) is 11.2. The van der Waals surface area contributed by atoms with Gasteiger partial charge in [-0.05, 0) is 189 Å². The summed E-state index contributed by atoms with van der Waals surface area (Å²) in [6.45, 7) is 16.2. The Bertz CT molecular complexity index is 4620. The third-order valence-corrected chi connectivity index (χ3v) is 15.5. The lowest BCUT2D eigenvalue weighted by molar-refractivity contribution is -0.136. The second-order valence-corrected chi connectivity index (χ2v) is 22.1. The number of pyridine rings is 3. The first-order chi connectivity index (χ1) is 43.5. The molecule has 0 saturated carbocycles. The second kappa shape index (κ2) is 31.5. The Morgan fingerprint density at radius 1 is 0.549 bits per heavy atom. The molecule has 0 fully saturated rings. The fourth-order valence-corrected chi connectivity index (χ4v) is 9.62. The summed E-state index contributed by atoms with van der Waals surface area (Å²) in [7, 11) is 3.86. The maximum Gasteiger partial charge on any atom is 0.345 e. The second-order valence-electron chi connectivity index (χ2n) is 21.3. The molecule has 0 aliphatic carbocycles. The number of halogens is 1. The number of H-pyrrole nitrogens is 1. The highest BCUT2D eigenvalue weighted by Gasteiger charge is 2.23. The summed E-state index contributed by atoms with van der Waals surface area (Å²) < 4.78 is 16.7. The number of hydrogen-bond donors (Lipinski definition) is 2. The van der Waals surface area contributed by atoms with E-state index in [4.69, 9.17) is 9.47 Å². The molecule has 3 aromatic heterocycles. The van der Waals surface area contributed by atoms with Gasteiger partial charge in [0.1, 0.15) is 27.8 Å². The lowest BCUT2D eigenvalue weighted by Crippen LogP contribution is -2.20. The molecule has 0 spiro atoms. The average Bonchev–Trinajstić information content (AvgIpc) is 0.811. The number of carbonyl (C=O) groups excluding carboxylic acids is 5. The third kappa shape index (κ3) is 17.1. The van der Waals surface area contributed by atoms with Crippen LogP contribution in [0, 0.1) is 55.4 Å². The Morgan fingerprint density at radius 3 is 1.60 bits per heavy atom. The molecule has 0 bridgehead atoms. The quantitative estimate of drug-likeness (QED) is 0.0152. The van der Waals surface area contributed by atoms with Crippen molar-refractivity contribution in [3.05, 3.63) is 308 Å². The van der Waals surface area contributed by atoms with E-state index in [1.54, 1.807) is 66.9 Å². The number of fused-ring (bicyclic) bond motifs is 2. The zero-order valence-electron chi connectivity index (χ0n) is 52.4. The predicted octanol–water partition coefficient (Wildman–Crippen LogP) is 14.8. The fourth-order valence-electron chi connectivity index (χ4n) is 9.24. The summed E-state index contributed by atoms with van der Waals surface area (Å²) in [6, 6.07) is 51.2.